The van der Waals surface area contributed by atoms with E-state index < -0.39 is 0 Å². The van der Waals surface area contributed by atoms with Crippen LogP contribution >= 0.6 is 11.3 Å². The molecule has 25 heavy (non-hydrogen) atoms. The molecule has 1 N–H and O–H groups in total. The average molecular weight is 355 g/mol. The average Bonchev–Trinajstić information content (AvgIpc) is 3.03. The summed E-state index contributed by atoms with van der Waals surface area (Å²) in [4.78, 5) is 30.2. The molecule has 2 heterocycles. The lowest BCUT2D eigenvalue weighted by Gasteiger charge is -2.17. The zero-order valence-electron chi connectivity index (χ0n) is 14.5. The van der Waals surface area contributed by atoms with Crippen molar-refractivity contribution in [3.8, 4) is 10.4 Å². The van der Waals surface area contributed by atoms with Crippen LogP contribution in [0.2, 0.25) is 0 Å². The number of nitrogens with one attached hydrogen (secondary N) is 1. The Balaban J connectivity index is 1.87. The highest BCUT2D eigenvalue weighted by molar-refractivity contribution is 7.22. The summed E-state index contributed by atoms with van der Waals surface area (Å²) in [5.41, 5.74) is 1.55. The molecule has 130 valence electrons. The number of hydrogen-bond donors (Lipinski definition) is 1. The summed E-state index contributed by atoms with van der Waals surface area (Å²) in [7, 11) is 0. The van der Waals surface area contributed by atoms with E-state index in [1.807, 2.05) is 57.2 Å². The number of amides is 1. The quantitative estimate of drug-likeness (QED) is 0.764. The molecule has 0 radical (unpaired) electrons. The molecule has 2 aromatic heterocycles. The smallest absolute Gasteiger partial charge is 0.271 e. The van der Waals surface area contributed by atoms with Crippen LogP contribution in [0.1, 0.15) is 20.8 Å². The van der Waals surface area contributed by atoms with Gasteiger partial charge in [0.25, 0.3) is 5.56 Å². The normalized spacial score (nSPS) is 12.5. The van der Waals surface area contributed by atoms with Crippen molar-refractivity contribution in [3.63, 3.8) is 0 Å². The summed E-state index contributed by atoms with van der Waals surface area (Å²) in [6, 6.07) is 11.9. The van der Waals surface area contributed by atoms with Crippen molar-refractivity contribution >= 4 is 27.5 Å². The second kappa shape index (κ2) is 7.19. The number of rotatable bonds is 5. The van der Waals surface area contributed by atoms with E-state index in [1.165, 1.54) is 22.2 Å². The number of hydrogen-bond acceptors (Lipinski definition) is 4. The van der Waals surface area contributed by atoms with Crippen molar-refractivity contribution in [2.45, 2.75) is 33.4 Å². The van der Waals surface area contributed by atoms with Crippen LogP contribution in [0.5, 0.6) is 0 Å². The van der Waals surface area contributed by atoms with Crippen molar-refractivity contribution in [2.24, 2.45) is 5.92 Å². The van der Waals surface area contributed by atoms with E-state index in [9.17, 15) is 9.59 Å². The molecule has 1 atom stereocenters. The van der Waals surface area contributed by atoms with Crippen LogP contribution in [-0.2, 0) is 11.3 Å². The standard InChI is InChI=1S/C19H21N3O2S/c1-12(2)13(3)21-17(23)10-22-11-20-15-9-16(25-18(15)19(22)24)14-7-5-4-6-8-14/h4-9,11-13H,10H2,1-3H3,(H,21,23)/t13-/m1/s1. The summed E-state index contributed by atoms with van der Waals surface area (Å²) < 4.78 is 1.95. The van der Waals surface area contributed by atoms with Gasteiger partial charge in [0.1, 0.15) is 11.2 Å². The second-order valence-electron chi connectivity index (χ2n) is 6.47. The zero-order valence-corrected chi connectivity index (χ0v) is 15.3. The van der Waals surface area contributed by atoms with Gasteiger partial charge in [-0.2, -0.15) is 0 Å². The fraction of sp³-hybridized carbons (Fsp3) is 0.316. The van der Waals surface area contributed by atoms with Crippen molar-refractivity contribution in [1.29, 1.82) is 0 Å². The monoisotopic (exact) mass is 355 g/mol. The van der Waals surface area contributed by atoms with Crippen LogP contribution in [0.4, 0.5) is 0 Å². The van der Waals surface area contributed by atoms with Crippen LogP contribution < -0.4 is 10.9 Å². The van der Waals surface area contributed by atoms with Gasteiger partial charge in [-0.25, -0.2) is 4.98 Å². The van der Waals surface area contributed by atoms with Gasteiger partial charge in [0, 0.05) is 10.9 Å². The number of carbonyl (C=O) groups excluding carboxylic acids is 1. The van der Waals surface area contributed by atoms with Gasteiger partial charge in [-0.3, -0.25) is 14.2 Å². The molecule has 1 aromatic carbocycles. The number of aromatic nitrogens is 2. The zero-order chi connectivity index (χ0) is 18.0. The third kappa shape index (κ3) is 3.79. The van der Waals surface area contributed by atoms with Crippen LogP contribution in [0.25, 0.3) is 20.7 Å². The number of fused-ring (bicyclic) bond motifs is 1. The molecule has 5 nitrogen and oxygen atoms in total. The Morgan fingerprint density at radius 2 is 1.96 bits per heavy atom. The van der Waals surface area contributed by atoms with Crippen LogP contribution in [0.3, 0.4) is 0 Å². The third-order valence-corrected chi connectivity index (χ3v) is 5.43. The molecule has 0 unspecified atom stereocenters. The molecule has 0 aliphatic heterocycles. The van der Waals surface area contributed by atoms with E-state index in [1.54, 1.807) is 0 Å². The molecule has 0 saturated carbocycles. The fourth-order valence-corrected chi connectivity index (χ4v) is 3.49. The first-order chi connectivity index (χ1) is 12.0. The van der Waals surface area contributed by atoms with Crippen LogP contribution in [0, 0.1) is 5.92 Å². The first kappa shape index (κ1) is 17.4. The minimum absolute atomic E-state index is 0.0165. The van der Waals surface area contributed by atoms with E-state index in [-0.39, 0.29) is 24.1 Å². The van der Waals surface area contributed by atoms with Gasteiger partial charge in [-0.15, -0.1) is 11.3 Å². The summed E-state index contributed by atoms with van der Waals surface area (Å²) >= 11 is 1.41. The van der Waals surface area contributed by atoms with Gasteiger partial charge >= 0.3 is 0 Å². The lowest BCUT2D eigenvalue weighted by atomic mass is 10.1. The molecule has 3 aromatic rings. The maximum Gasteiger partial charge on any atom is 0.271 e. The molecule has 0 aliphatic rings. The molecule has 6 heteroatoms. The van der Waals surface area contributed by atoms with Gasteiger partial charge in [0.15, 0.2) is 0 Å². The Labute approximate surface area is 150 Å². The Morgan fingerprint density at radius 3 is 2.64 bits per heavy atom. The van der Waals surface area contributed by atoms with Gasteiger partial charge in [-0.1, -0.05) is 44.2 Å². The molecule has 0 aliphatic carbocycles. The topological polar surface area (TPSA) is 64.0 Å². The molecule has 0 fully saturated rings. The maximum atomic E-state index is 12.7. The highest BCUT2D eigenvalue weighted by atomic mass is 32.1. The van der Waals surface area contributed by atoms with Crippen molar-refractivity contribution in [3.05, 3.63) is 53.1 Å². The predicted molar refractivity (Wildman–Crippen MR) is 102 cm³/mol. The van der Waals surface area contributed by atoms with Crippen LogP contribution in [-0.4, -0.2) is 21.5 Å². The summed E-state index contributed by atoms with van der Waals surface area (Å²) in [5, 5.41) is 2.91. The van der Waals surface area contributed by atoms with E-state index in [4.69, 9.17) is 0 Å². The van der Waals surface area contributed by atoms with Gasteiger partial charge in [0.2, 0.25) is 5.91 Å². The lowest BCUT2D eigenvalue weighted by molar-refractivity contribution is -0.122. The first-order valence-electron chi connectivity index (χ1n) is 8.29. The molecule has 0 saturated heterocycles. The van der Waals surface area contributed by atoms with Crippen molar-refractivity contribution in [2.75, 3.05) is 0 Å². The van der Waals surface area contributed by atoms with E-state index in [0.29, 0.717) is 16.1 Å². The van der Waals surface area contributed by atoms with Gasteiger partial charge in [0.05, 0.1) is 11.8 Å². The Hall–Kier alpha value is -2.47. The first-order valence-corrected chi connectivity index (χ1v) is 9.11. The highest BCUT2D eigenvalue weighted by Crippen LogP contribution is 2.30. The Kier molecular flexibility index (Phi) is 4.99. The summed E-state index contributed by atoms with van der Waals surface area (Å²) in [5.74, 6) is 0.163. The van der Waals surface area contributed by atoms with Gasteiger partial charge in [-0.05, 0) is 24.5 Å². The van der Waals surface area contributed by atoms with E-state index in [2.05, 4.69) is 10.3 Å². The van der Waals surface area contributed by atoms with Crippen molar-refractivity contribution < 1.29 is 4.79 Å². The predicted octanol–water partition coefficient (Wildman–Crippen LogP) is 3.29. The number of nitrogens with zero attached hydrogens (tertiary/aromatic N) is 2. The number of thiophene rings is 1. The molecule has 0 bridgehead atoms. The molecular formula is C19H21N3O2S. The maximum absolute atomic E-state index is 12.7. The minimum Gasteiger partial charge on any atom is -0.352 e. The lowest BCUT2D eigenvalue weighted by Crippen LogP contribution is -2.39. The van der Waals surface area contributed by atoms with Gasteiger partial charge < -0.3 is 5.32 Å². The number of benzene rings is 1. The van der Waals surface area contributed by atoms with E-state index in [0.717, 1.165) is 10.4 Å². The highest BCUT2D eigenvalue weighted by Gasteiger charge is 2.14. The molecular weight excluding hydrogens is 334 g/mol. The molecule has 3 rings (SSSR count). The summed E-state index contributed by atoms with van der Waals surface area (Å²) in [6.07, 6.45) is 1.45. The van der Waals surface area contributed by atoms with Crippen molar-refractivity contribution in [1.82, 2.24) is 14.9 Å². The Bertz CT molecular complexity index is 944. The Morgan fingerprint density at radius 1 is 1.24 bits per heavy atom. The second-order valence-corrected chi connectivity index (χ2v) is 7.52. The number of carbonyl (C=O) groups is 1. The largest absolute Gasteiger partial charge is 0.352 e. The minimum atomic E-state index is -0.177. The molecule has 1 amide bonds. The fourth-order valence-electron chi connectivity index (χ4n) is 2.42. The van der Waals surface area contributed by atoms with Crippen LogP contribution in [0.15, 0.2) is 47.5 Å². The SMILES string of the molecule is CC(C)[C@@H](C)NC(=O)Cn1cnc2cc(-c3ccccc3)sc2c1=O. The third-order valence-electron chi connectivity index (χ3n) is 4.26. The summed E-state index contributed by atoms with van der Waals surface area (Å²) in [6.45, 7) is 6.03. The molecule has 0 spiro atoms. The van der Waals surface area contributed by atoms with E-state index >= 15 is 0 Å².